The van der Waals surface area contributed by atoms with Gasteiger partial charge in [-0.15, -0.1) is 11.3 Å². The van der Waals surface area contributed by atoms with Crippen LogP contribution in [0.2, 0.25) is 0 Å². The minimum Gasteiger partial charge on any atom is -0.493 e. The predicted molar refractivity (Wildman–Crippen MR) is 176 cm³/mol. The summed E-state index contributed by atoms with van der Waals surface area (Å²) in [5, 5.41) is 7.03. The molecule has 0 atom stereocenters. The average molecular weight is 637 g/mol. The molecule has 226 valence electrons. The third kappa shape index (κ3) is 5.69. The molecule has 7 rings (SSSR count). The van der Waals surface area contributed by atoms with E-state index in [1.807, 2.05) is 42.5 Å². The first-order valence-electron chi connectivity index (χ1n) is 14.4. The van der Waals surface area contributed by atoms with Crippen LogP contribution in [0.4, 0.5) is 10.9 Å². The van der Waals surface area contributed by atoms with Crippen molar-refractivity contribution in [2.75, 3.05) is 37.5 Å². The maximum absolute atomic E-state index is 13.1. The summed E-state index contributed by atoms with van der Waals surface area (Å²) in [7, 11) is 3.23. The van der Waals surface area contributed by atoms with E-state index < -0.39 is 0 Å². The lowest BCUT2D eigenvalue weighted by Crippen LogP contribution is -2.33. The highest BCUT2D eigenvalue weighted by molar-refractivity contribution is 7.22. The van der Waals surface area contributed by atoms with Crippen molar-refractivity contribution in [1.29, 1.82) is 0 Å². The zero-order valence-corrected chi connectivity index (χ0v) is 26.2. The lowest BCUT2D eigenvalue weighted by molar-refractivity contribution is 0.101. The zero-order chi connectivity index (χ0) is 30.9. The Balaban J connectivity index is 1.01. The van der Waals surface area contributed by atoms with E-state index in [1.165, 1.54) is 22.7 Å². The van der Waals surface area contributed by atoms with Crippen LogP contribution in [0.5, 0.6) is 11.5 Å². The molecule has 0 saturated carbocycles. The second-order valence-corrected chi connectivity index (χ2v) is 12.5. The molecule has 1 N–H and O–H groups in total. The SMILES string of the molecule is COc1cc2ncnc(N3CCC(c4nc(C(=O)Nc5nc6ccc(C(=O)c7ccccc7)cc6s5)cs4)CC3)c2cc1OC. The van der Waals surface area contributed by atoms with Crippen LogP contribution in [0.25, 0.3) is 21.1 Å². The molecule has 3 aromatic carbocycles. The molecule has 1 aliphatic heterocycles. The van der Waals surface area contributed by atoms with Crippen LogP contribution in [0, 0.1) is 0 Å². The van der Waals surface area contributed by atoms with E-state index in [4.69, 9.17) is 14.5 Å². The fourth-order valence-corrected chi connectivity index (χ4v) is 7.45. The third-order valence-electron chi connectivity index (χ3n) is 7.93. The number of nitrogens with one attached hydrogen (secondary N) is 1. The Bertz CT molecular complexity index is 2040. The van der Waals surface area contributed by atoms with Crippen molar-refractivity contribution in [3.05, 3.63) is 94.2 Å². The molecular formula is C33H28N6O4S2. The number of rotatable bonds is 8. The second kappa shape index (κ2) is 12.2. The van der Waals surface area contributed by atoms with Gasteiger partial charge in [-0.05, 0) is 37.1 Å². The number of ketones is 1. The molecule has 0 radical (unpaired) electrons. The molecule has 1 amide bonds. The first kappa shape index (κ1) is 28.8. The predicted octanol–water partition coefficient (Wildman–Crippen LogP) is 6.58. The van der Waals surface area contributed by atoms with Crippen molar-refractivity contribution in [1.82, 2.24) is 19.9 Å². The van der Waals surface area contributed by atoms with Gasteiger partial charge in [-0.2, -0.15) is 0 Å². The lowest BCUT2D eigenvalue weighted by Gasteiger charge is -2.32. The smallest absolute Gasteiger partial charge is 0.276 e. The number of hydrogen-bond acceptors (Lipinski definition) is 11. The van der Waals surface area contributed by atoms with Gasteiger partial charge in [0.15, 0.2) is 22.4 Å². The summed E-state index contributed by atoms with van der Waals surface area (Å²) < 4.78 is 11.8. The molecule has 10 nitrogen and oxygen atoms in total. The average Bonchev–Trinajstić information content (AvgIpc) is 3.74. The molecule has 0 spiro atoms. The Labute approximate surface area is 266 Å². The number of anilines is 2. The van der Waals surface area contributed by atoms with Crippen LogP contribution in [-0.4, -0.2) is 58.9 Å². The maximum atomic E-state index is 13.1. The molecular weight excluding hydrogens is 609 g/mol. The normalized spacial score (nSPS) is 13.7. The summed E-state index contributed by atoms with van der Waals surface area (Å²) in [5.41, 5.74) is 3.10. The number of amides is 1. The van der Waals surface area contributed by atoms with Gasteiger partial charge >= 0.3 is 0 Å². The van der Waals surface area contributed by atoms with Crippen molar-refractivity contribution in [2.24, 2.45) is 0 Å². The zero-order valence-electron chi connectivity index (χ0n) is 24.5. The first-order chi connectivity index (χ1) is 22.0. The van der Waals surface area contributed by atoms with Gasteiger partial charge in [0.05, 0.1) is 35.0 Å². The van der Waals surface area contributed by atoms with Crippen LogP contribution >= 0.6 is 22.7 Å². The number of hydrogen-bond donors (Lipinski definition) is 1. The standard InChI is InChI=1S/C33H28N6O4S2/c1-42-26-15-22-24(16-27(26)43-2)34-18-35-30(22)39-12-10-20(11-13-39)32-36-25(17-44-32)31(41)38-33-37-23-9-8-21(14-28(23)45-33)29(40)19-6-4-3-5-7-19/h3-9,14-18,20H,10-13H2,1-2H3,(H,37,38,41). The van der Waals surface area contributed by atoms with Crippen molar-refractivity contribution < 1.29 is 19.1 Å². The topological polar surface area (TPSA) is 119 Å². The van der Waals surface area contributed by atoms with Gasteiger partial charge in [0.1, 0.15) is 17.8 Å². The van der Waals surface area contributed by atoms with E-state index in [9.17, 15) is 9.59 Å². The van der Waals surface area contributed by atoms with Gasteiger partial charge in [-0.1, -0.05) is 41.7 Å². The highest BCUT2D eigenvalue weighted by Crippen LogP contribution is 2.37. The molecule has 1 saturated heterocycles. The lowest BCUT2D eigenvalue weighted by atomic mass is 9.97. The molecule has 4 heterocycles. The Morgan fingerprint density at radius 2 is 1.67 bits per heavy atom. The third-order valence-corrected chi connectivity index (χ3v) is 9.87. The van der Waals surface area contributed by atoms with Gasteiger partial charge in [-0.3, -0.25) is 14.9 Å². The summed E-state index contributed by atoms with van der Waals surface area (Å²) in [6, 6.07) is 18.4. The molecule has 3 aromatic heterocycles. The van der Waals surface area contributed by atoms with Crippen molar-refractivity contribution in [3.63, 3.8) is 0 Å². The second-order valence-electron chi connectivity index (χ2n) is 10.6. The number of aromatic nitrogens is 4. The van der Waals surface area contributed by atoms with Crippen LogP contribution < -0.4 is 19.7 Å². The van der Waals surface area contributed by atoms with Gasteiger partial charge in [-0.25, -0.2) is 19.9 Å². The van der Waals surface area contributed by atoms with Gasteiger partial charge < -0.3 is 14.4 Å². The highest BCUT2D eigenvalue weighted by atomic mass is 32.1. The van der Waals surface area contributed by atoms with Crippen LogP contribution in [0.15, 0.2) is 72.4 Å². The van der Waals surface area contributed by atoms with E-state index in [1.54, 1.807) is 44.1 Å². The fraction of sp³-hybridized carbons (Fsp3) is 0.212. The minimum absolute atomic E-state index is 0.0522. The van der Waals surface area contributed by atoms with Crippen LogP contribution in [-0.2, 0) is 0 Å². The van der Waals surface area contributed by atoms with E-state index in [2.05, 4.69) is 25.2 Å². The van der Waals surface area contributed by atoms with E-state index >= 15 is 0 Å². The number of benzene rings is 3. The summed E-state index contributed by atoms with van der Waals surface area (Å²) in [4.78, 5) is 46.5. The van der Waals surface area contributed by atoms with Gasteiger partial charge in [0, 0.05) is 47.0 Å². The number of thiazole rings is 2. The molecule has 6 aromatic rings. The summed E-state index contributed by atoms with van der Waals surface area (Å²) in [6.45, 7) is 1.60. The Kier molecular flexibility index (Phi) is 7.82. The number of nitrogens with zero attached hydrogens (tertiary/aromatic N) is 5. The Hall–Kier alpha value is -4.94. The Morgan fingerprint density at radius 3 is 2.44 bits per heavy atom. The quantitative estimate of drug-likeness (QED) is 0.185. The van der Waals surface area contributed by atoms with E-state index in [0.29, 0.717) is 33.5 Å². The number of carbonyl (C=O) groups is 2. The van der Waals surface area contributed by atoms with Crippen LogP contribution in [0.3, 0.4) is 0 Å². The molecule has 1 fully saturated rings. The van der Waals surface area contributed by atoms with Gasteiger partial charge in [0.2, 0.25) is 0 Å². The largest absolute Gasteiger partial charge is 0.493 e. The molecule has 12 heteroatoms. The fourth-order valence-electron chi connectivity index (χ4n) is 5.58. The molecule has 0 unspecified atom stereocenters. The maximum Gasteiger partial charge on any atom is 0.276 e. The number of fused-ring (bicyclic) bond motifs is 2. The first-order valence-corrected chi connectivity index (χ1v) is 16.1. The number of ether oxygens (including phenoxy) is 2. The molecule has 0 aliphatic carbocycles. The highest BCUT2D eigenvalue weighted by Gasteiger charge is 2.26. The summed E-state index contributed by atoms with van der Waals surface area (Å²) in [5.74, 6) is 2.03. The van der Waals surface area contributed by atoms with E-state index in [-0.39, 0.29) is 17.6 Å². The molecule has 1 aliphatic rings. The van der Waals surface area contributed by atoms with Gasteiger partial charge in [0.25, 0.3) is 5.91 Å². The van der Waals surface area contributed by atoms with Crippen molar-refractivity contribution in [2.45, 2.75) is 18.8 Å². The molecule has 0 bridgehead atoms. The number of piperidine rings is 1. The van der Waals surface area contributed by atoms with Crippen LogP contribution in [0.1, 0.15) is 50.2 Å². The van der Waals surface area contributed by atoms with Crippen molar-refractivity contribution >= 4 is 66.4 Å². The number of carbonyl (C=O) groups excluding carboxylic acids is 2. The number of methoxy groups -OCH3 is 2. The van der Waals surface area contributed by atoms with E-state index in [0.717, 1.165) is 57.9 Å². The van der Waals surface area contributed by atoms with Crippen molar-refractivity contribution in [3.8, 4) is 11.5 Å². The minimum atomic E-state index is -0.300. The summed E-state index contributed by atoms with van der Waals surface area (Å²) in [6.07, 6.45) is 3.35. The summed E-state index contributed by atoms with van der Waals surface area (Å²) >= 11 is 2.85. The molecule has 45 heavy (non-hydrogen) atoms. The monoisotopic (exact) mass is 636 g/mol. The Morgan fingerprint density at radius 1 is 0.889 bits per heavy atom.